The summed E-state index contributed by atoms with van der Waals surface area (Å²) >= 11 is 0. The molecule has 7 aromatic carbocycles. The molecule has 0 saturated carbocycles. The summed E-state index contributed by atoms with van der Waals surface area (Å²) in [5.41, 5.74) is 9.66. The molecule has 47 heavy (non-hydrogen) atoms. The average Bonchev–Trinajstić information content (AvgIpc) is 3.16. The molecule has 8 aromatic rings. The van der Waals surface area contributed by atoms with Crippen molar-refractivity contribution < 1.29 is 4.74 Å². The van der Waals surface area contributed by atoms with Crippen LogP contribution in [0.1, 0.15) is 0 Å². The first kappa shape index (κ1) is 27.0. The maximum Gasteiger partial charge on any atom is 0.164 e. The van der Waals surface area contributed by atoms with E-state index >= 15 is 0 Å². The van der Waals surface area contributed by atoms with E-state index in [1.54, 1.807) is 0 Å². The predicted molar refractivity (Wildman–Crippen MR) is 190 cm³/mol. The van der Waals surface area contributed by atoms with Gasteiger partial charge in [-0.3, -0.25) is 0 Å². The smallest absolute Gasteiger partial charge is 0.164 e. The molecular formula is C43H27N3O. The van der Waals surface area contributed by atoms with Crippen LogP contribution in [0.5, 0.6) is 11.5 Å². The zero-order valence-corrected chi connectivity index (χ0v) is 25.3. The Morgan fingerprint density at radius 1 is 0.319 bits per heavy atom. The van der Waals surface area contributed by atoms with Crippen molar-refractivity contribution in [3.05, 3.63) is 164 Å². The third kappa shape index (κ3) is 4.93. The van der Waals surface area contributed by atoms with Crippen LogP contribution in [0.3, 0.4) is 0 Å². The van der Waals surface area contributed by atoms with Crippen LogP contribution in [0.4, 0.5) is 0 Å². The summed E-state index contributed by atoms with van der Waals surface area (Å²) in [6.07, 6.45) is 0. The second-order valence-electron chi connectivity index (χ2n) is 11.7. The van der Waals surface area contributed by atoms with Crippen LogP contribution in [-0.4, -0.2) is 15.0 Å². The number of fused-ring (bicyclic) bond motifs is 2. The number of rotatable bonds is 5. The molecule has 4 nitrogen and oxygen atoms in total. The van der Waals surface area contributed by atoms with Crippen molar-refractivity contribution >= 4 is 10.8 Å². The first-order chi connectivity index (χ1) is 23.3. The molecule has 1 aliphatic rings. The van der Waals surface area contributed by atoms with E-state index < -0.39 is 0 Å². The molecule has 1 aliphatic heterocycles. The summed E-state index contributed by atoms with van der Waals surface area (Å²) in [5, 5.41) is 2.34. The molecule has 0 amide bonds. The van der Waals surface area contributed by atoms with Crippen LogP contribution in [0.2, 0.25) is 0 Å². The van der Waals surface area contributed by atoms with E-state index in [1.807, 2.05) is 48.5 Å². The summed E-state index contributed by atoms with van der Waals surface area (Å²) < 4.78 is 6.32. The molecule has 0 N–H and O–H groups in total. The highest BCUT2D eigenvalue weighted by molar-refractivity contribution is 6.04. The number of benzene rings is 7. The van der Waals surface area contributed by atoms with Crippen molar-refractivity contribution in [1.82, 2.24) is 15.0 Å². The van der Waals surface area contributed by atoms with Gasteiger partial charge in [-0.15, -0.1) is 0 Å². The number of hydrogen-bond acceptors (Lipinski definition) is 4. The highest BCUT2D eigenvalue weighted by atomic mass is 16.5. The second-order valence-corrected chi connectivity index (χ2v) is 11.7. The molecule has 0 radical (unpaired) electrons. The second kappa shape index (κ2) is 11.2. The highest BCUT2D eigenvalue weighted by Gasteiger charge is 2.20. The van der Waals surface area contributed by atoms with Crippen LogP contribution >= 0.6 is 0 Å². The maximum atomic E-state index is 6.32. The van der Waals surface area contributed by atoms with Crippen molar-refractivity contribution in [2.45, 2.75) is 0 Å². The minimum absolute atomic E-state index is 0.634. The lowest BCUT2D eigenvalue weighted by Crippen LogP contribution is -2.00. The monoisotopic (exact) mass is 601 g/mol. The molecule has 0 spiro atoms. The Morgan fingerprint density at radius 3 is 1.40 bits per heavy atom. The Kier molecular flexibility index (Phi) is 6.43. The Labute approximate surface area is 272 Å². The van der Waals surface area contributed by atoms with E-state index in [1.165, 1.54) is 16.5 Å². The lowest BCUT2D eigenvalue weighted by Gasteiger charge is -2.22. The highest BCUT2D eigenvalue weighted by Crippen LogP contribution is 2.47. The topological polar surface area (TPSA) is 47.9 Å². The minimum Gasteiger partial charge on any atom is -0.456 e. The van der Waals surface area contributed by atoms with Gasteiger partial charge in [0.25, 0.3) is 0 Å². The molecule has 0 atom stereocenters. The van der Waals surface area contributed by atoms with Crippen molar-refractivity contribution in [1.29, 1.82) is 0 Å². The van der Waals surface area contributed by atoms with Gasteiger partial charge >= 0.3 is 0 Å². The van der Waals surface area contributed by atoms with Gasteiger partial charge in [-0.05, 0) is 51.4 Å². The molecule has 220 valence electrons. The van der Waals surface area contributed by atoms with Gasteiger partial charge in [-0.25, -0.2) is 15.0 Å². The first-order valence-electron chi connectivity index (χ1n) is 15.7. The number of ether oxygens (including phenoxy) is 1. The van der Waals surface area contributed by atoms with E-state index in [4.69, 9.17) is 19.7 Å². The van der Waals surface area contributed by atoms with Crippen molar-refractivity contribution in [2.75, 3.05) is 0 Å². The number of aromatic nitrogens is 3. The van der Waals surface area contributed by atoms with Crippen molar-refractivity contribution in [2.24, 2.45) is 0 Å². The zero-order chi connectivity index (χ0) is 31.2. The first-order valence-corrected chi connectivity index (χ1v) is 15.7. The van der Waals surface area contributed by atoms with Gasteiger partial charge in [0, 0.05) is 27.6 Å². The molecule has 4 heteroatoms. The van der Waals surface area contributed by atoms with Gasteiger partial charge in [-0.2, -0.15) is 0 Å². The average molecular weight is 602 g/mol. The van der Waals surface area contributed by atoms with Gasteiger partial charge in [0.05, 0.1) is 0 Å². The SMILES string of the molecule is c1ccc(-c2ccc(-c3nc(-c4ccccc4)nc(-c4ccc(-c5ccc6c(c5)-c5cccc7cccc(c57)O6)cc4)n3)cc2)cc1. The quantitative estimate of drug-likeness (QED) is 0.197. The van der Waals surface area contributed by atoms with Crippen molar-refractivity contribution in [3.8, 4) is 79.0 Å². The molecular weight excluding hydrogens is 574 g/mol. The molecule has 0 unspecified atom stereocenters. The van der Waals surface area contributed by atoms with Gasteiger partial charge in [-0.1, -0.05) is 146 Å². The van der Waals surface area contributed by atoms with Crippen LogP contribution in [0.25, 0.3) is 78.3 Å². The fourth-order valence-corrected chi connectivity index (χ4v) is 6.35. The maximum absolute atomic E-state index is 6.32. The Bertz CT molecular complexity index is 2400. The lowest BCUT2D eigenvalue weighted by molar-refractivity contribution is 0.487. The summed E-state index contributed by atoms with van der Waals surface area (Å²) in [5.74, 6) is 3.70. The molecule has 0 aliphatic carbocycles. The summed E-state index contributed by atoms with van der Waals surface area (Å²) in [6, 6.07) is 56.3. The van der Waals surface area contributed by atoms with Gasteiger partial charge < -0.3 is 4.74 Å². The normalized spacial score (nSPS) is 11.6. The van der Waals surface area contributed by atoms with Crippen LogP contribution in [-0.2, 0) is 0 Å². The largest absolute Gasteiger partial charge is 0.456 e. The third-order valence-corrected chi connectivity index (χ3v) is 8.75. The van der Waals surface area contributed by atoms with E-state index in [0.717, 1.165) is 55.8 Å². The standard InChI is InChI=1S/C43H27N3O/c1-3-9-28(10-4-1)29-17-21-33(22-18-29)42-44-41(32-11-5-2-6-12-32)45-43(46-42)34-23-19-30(20-24-34)35-25-26-38-37(27-35)36-15-7-13-31-14-8-16-39(47-38)40(31)36/h1-27H. The zero-order valence-electron chi connectivity index (χ0n) is 25.3. The summed E-state index contributed by atoms with van der Waals surface area (Å²) in [7, 11) is 0. The molecule has 9 rings (SSSR count). The molecule has 0 fully saturated rings. The van der Waals surface area contributed by atoms with Gasteiger partial charge in [0.2, 0.25) is 0 Å². The number of nitrogens with zero attached hydrogens (tertiary/aromatic N) is 3. The molecule has 0 saturated heterocycles. The molecule has 2 heterocycles. The third-order valence-electron chi connectivity index (χ3n) is 8.75. The Hall–Kier alpha value is -6.39. The lowest BCUT2D eigenvalue weighted by atomic mass is 9.92. The molecule has 0 bridgehead atoms. The fraction of sp³-hybridized carbons (Fsp3) is 0. The molecule has 1 aromatic heterocycles. The van der Waals surface area contributed by atoms with E-state index in [2.05, 4.69) is 115 Å². The van der Waals surface area contributed by atoms with Gasteiger partial charge in [0.1, 0.15) is 11.5 Å². The Balaban J connectivity index is 1.08. The fourth-order valence-electron chi connectivity index (χ4n) is 6.35. The summed E-state index contributed by atoms with van der Waals surface area (Å²) in [4.78, 5) is 14.8. The Morgan fingerprint density at radius 2 is 0.787 bits per heavy atom. The van der Waals surface area contributed by atoms with E-state index in [0.29, 0.717) is 17.5 Å². The van der Waals surface area contributed by atoms with E-state index in [9.17, 15) is 0 Å². The van der Waals surface area contributed by atoms with Crippen LogP contribution < -0.4 is 4.74 Å². The van der Waals surface area contributed by atoms with E-state index in [-0.39, 0.29) is 0 Å². The minimum atomic E-state index is 0.634. The van der Waals surface area contributed by atoms with Crippen LogP contribution in [0.15, 0.2) is 164 Å². The van der Waals surface area contributed by atoms with Crippen molar-refractivity contribution in [3.63, 3.8) is 0 Å². The predicted octanol–water partition coefficient (Wildman–Crippen LogP) is 11.1. The summed E-state index contributed by atoms with van der Waals surface area (Å²) in [6.45, 7) is 0. The van der Waals surface area contributed by atoms with Crippen LogP contribution in [0, 0.1) is 0 Å². The number of hydrogen-bond donors (Lipinski definition) is 0. The van der Waals surface area contributed by atoms with Gasteiger partial charge in [0.15, 0.2) is 17.5 Å².